The number of hydrogen-bond acceptors (Lipinski definition) is 10. The summed E-state index contributed by atoms with van der Waals surface area (Å²) in [5.74, 6) is -1.19. The van der Waals surface area contributed by atoms with E-state index in [4.69, 9.17) is 14.2 Å². The molecule has 1 rings (SSSR count). The van der Waals surface area contributed by atoms with Crippen LogP contribution < -0.4 is 5.32 Å². The molecule has 0 saturated carbocycles. The number of aliphatic hydroxyl groups is 5. The van der Waals surface area contributed by atoms with E-state index in [0.717, 1.165) is 89.9 Å². The van der Waals surface area contributed by atoms with Crippen molar-refractivity contribution in [3.8, 4) is 0 Å². The van der Waals surface area contributed by atoms with E-state index in [-0.39, 0.29) is 13.0 Å². The smallest absolute Gasteiger partial charge is 0.306 e. The van der Waals surface area contributed by atoms with Crippen LogP contribution in [0.1, 0.15) is 348 Å². The summed E-state index contributed by atoms with van der Waals surface area (Å²) in [5, 5.41) is 57.3. The highest BCUT2D eigenvalue weighted by Crippen LogP contribution is 2.26. The molecule has 1 aliphatic rings. The third-order valence-electron chi connectivity index (χ3n) is 17.6. The van der Waals surface area contributed by atoms with Crippen molar-refractivity contribution in [1.29, 1.82) is 0 Å². The number of unbranched alkanes of at least 4 members (excludes halogenated alkanes) is 41. The first-order chi connectivity index (χ1) is 43.7. The highest BCUT2D eigenvalue weighted by Gasteiger charge is 2.47. The van der Waals surface area contributed by atoms with E-state index < -0.39 is 67.4 Å². The van der Waals surface area contributed by atoms with E-state index in [0.29, 0.717) is 19.3 Å². The summed E-state index contributed by atoms with van der Waals surface area (Å²) < 4.78 is 17.7. The van der Waals surface area contributed by atoms with Gasteiger partial charge in [-0.3, -0.25) is 9.59 Å². The molecule has 1 amide bonds. The van der Waals surface area contributed by atoms with Gasteiger partial charge in [-0.05, 0) is 96.3 Å². The number of esters is 1. The fourth-order valence-electron chi connectivity index (χ4n) is 11.6. The van der Waals surface area contributed by atoms with Crippen LogP contribution in [-0.2, 0) is 23.8 Å². The lowest BCUT2D eigenvalue weighted by Gasteiger charge is -2.41. The second-order valence-corrected chi connectivity index (χ2v) is 26.0. The van der Waals surface area contributed by atoms with Crippen molar-refractivity contribution in [1.82, 2.24) is 5.32 Å². The van der Waals surface area contributed by atoms with Gasteiger partial charge in [-0.2, -0.15) is 0 Å². The topological polar surface area (TPSA) is 175 Å². The molecule has 1 heterocycles. The van der Waals surface area contributed by atoms with Gasteiger partial charge < -0.3 is 45.1 Å². The van der Waals surface area contributed by atoms with Gasteiger partial charge >= 0.3 is 5.97 Å². The molecule has 11 nitrogen and oxygen atoms in total. The number of hydrogen-bond donors (Lipinski definition) is 6. The number of carbonyl (C=O) groups excluding carboxylic acids is 2. The van der Waals surface area contributed by atoms with Crippen molar-refractivity contribution >= 4 is 11.9 Å². The Morgan fingerprint density at radius 2 is 0.775 bits per heavy atom. The highest BCUT2D eigenvalue weighted by atomic mass is 16.7. The van der Waals surface area contributed by atoms with Crippen molar-refractivity contribution in [3.63, 3.8) is 0 Å². The quantitative estimate of drug-likeness (QED) is 0.0195. The lowest BCUT2D eigenvalue weighted by atomic mass is 9.99. The van der Waals surface area contributed by atoms with Gasteiger partial charge in [0.25, 0.3) is 0 Å². The molecular formula is C78H141NO10. The van der Waals surface area contributed by atoms with E-state index in [1.807, 2.05) is 6.08 Å². The number of carbonyl (C=O) groups is 2. The largest absolute Gasteiger partial charge is 0.454 e. The van der Waals surface area contributed by atoms with Crippen LogP contribution in [0, 0.1) is 0 Å². The number of aliphatic hydroxyl groups excluding tert-OH is 5. The number of amides is 1. The van der Waals surface area contributed by atoms with Crippen LogP contribution in [0.2, 0.25) is 0 Å². The van der Waals surface area contributed by atoms with E-state index in [2.05, 4.69) is 86.8 Å². The van der Waals surface area contributed by atoms with Crippen molar-refractivity contribution in [2.24, 2.45) is 0 Å². The molecule has 1 aliphatic heterocycles. The van der Waals surface area contributed by atoms with Crippen molar-refractivity contribution in [2.75, 3.05) is 13.2 Å². The second kappa shape index (κ2) is 65.2. The maximum atomic E-state index is 13.5. The summed E-state index contributed by atoms with van der Waals surface area (Å²) in [6.45, 7) is 5.79. The van der Waals surface area contributed by atoms with Crippen molar-refractivity contribution in [3.05, 3.63) is 72.9 Å². The van der Waals surface area contributed by atoms with Gasteiger partial charge in [0.05, 0.1) is 25.4 Å². The molecular weight excluding hydrogens is 1110 g/mol. The highest BCUT2D eigenvalue weighted by molar-refractivity contribution is 5.80. The average Bonchev–Trinajstić information content (AvgIpc) is 3.71. The zero-order valence-electron chi connectivity index (χ0n) is 57.8. The molecule has 0 radical (unpaired) electrons. The number of ether oxygens (including phenoxy) is 3. The molecule has 0 aromatic carbocycles. The molecule has 0 bridgehead atoms. The van der Waals surface area contributed by atoms with Crippen LogP contribution in [0.25, 0.3) is 0 Å². The first-order valence-electron chi connectivity index (χ1n) is 37.7. The van der Waals surface area contributed by atoms with Gasteiger partial charge in [0.15, 0.2) is 12.4 Å². The minimum atomic E-state index is -1.62. The minimum Gasteiger partial charge on any atom is -0.454 e. The Labute approximate surface area is 547 Å². The molecule has 0 aliphatic carbocycles. The maximum Gasteiger partial charge on any atom is 0.306 e. The maximum absolute atomic E-state index is 13.5. The Bertz CT molecular complexity index is 1730. The third kappa shape index (κ3) is 52.2. The molecule has 8 atom stereocenters. The Hall–Kier alpha value is -2.90. The molecule has 11 heteroatoms. The summed E-state index contributed by atoms with van der Waals surface area (Å²) in [6.07, 6.45) is 75.2. The first kappa shape index (κ1) is 84.1. The standard InChI is InChI=1S/C78H141NO10/c1-4-7-10-13-16-19-22-24-26-28-30-32-34-36-38-40-42-44-46-48-51-54-57-60-63-66-73(83)89-76-75(85)74(84)72(67-80)88-78(76)87-68-69(70(81)64-61-58-55-52-49-21-18-15-12-9-6-3)79-77(86)71(82)65-62-59-56-53-50-47-45-43-41-39-37-35-33-31-29-27-25-23-20-17-14-11-8-5-2/h16,19,24-27,30,32,36,38,61,64,69-72,74-76,78,80-82,84-85H,4-15,17-18,20-23,28-29,31,33-35,37,39-60,62-63,65-68H2,1-3H3,(H,79,86)/b19-16-,26-24-,27-25+,32-30-,38-36-,64-61+. The van der Waals surface area contributed by atoms with Crippen LogP contribution in [0.15, 0.2) is 72.9 Å². The SMILES string of the molecule is CCCCC/C=C\C/C=C\C/C=C\C/C=C\CCCCCCCCCCCC(=O)OC1C(OCC(NC(=O)C(O)CCCCCCCCCCCCCCCC/C=C/CCCCCCCC)C(O)/C=C/CCCCCCCCCCC)OC(CO)C(O)C1O. The predicted molar refractivity (Wildman–Crippen MR) is 375 cm³/mol. The number of nitrogens with one attached hydrogen (secondary N) is 1. The summed E-state index contributed by atoms with van der Waals surface area (Å²) in [5.41, 5.74) is 0. The molecule has 0 aromatic rings. The molecule has 0 aromatic heterocycles. The lowest BCUT2D eigenvalue weighted by molar-refractivity contribution is -0.305. The van der Waals surface area contributed by atoms with Gasteiger partial charge in [0, 0.05) is 6.42 Å². The van der Waals surface area contributed by atoms with Crippen LogP contribution in [-0.4, -0.2) is 99.6 Å². The zero-order chi connectivity index (χ0) is 64.6. The fraction of sp³-hybridized carbons (Fsp3) is 0.821. The van der Waals surface area contributed by atoms with E-state index >= 15 is 0 Å². The Kier molecular flexibility index (Phi) is 61.6. The first-order valence-corrected chi connectivity index (χ1v) is 37.7. The lowest BCUT2D eigenvalue weighted by Crippen LogP contribution is -2.61. The Morgan fingerprint density at radius 1 is 0.438 bits per heavy atom. The number of allylic oxidation sites excluding steroid dienone is 11. The van der Waals surface area contributed by atoms with E-state index in [9.17, 15) is 35.1 Å². The third-order valence-corrected chi connectivity index (χ3v) is 17.6. The molecule has 6 N–H and O–H groups in total. The molecule has 8 unspecified atom stereocenters. The van der Waals surface area contributed by atoms with Gasteiger partial charge in [-0.1, -0.05) is 318 Å². The summed E-state index contributed by atoms with van der Waals surface area (Å²) in [6, 6.07) is -1.03. The predicted octanol–water partition coefficient (Wildman–Crippen LogP) is 19.9. The zero-order valence-corrected chi connectivity index (χ0v) is 57.8. The van der Waals surface area contributed by atoms with Gasteiger partial charge in [-0.15, -0.1) is 0 Å². The van der Waals surface area contributed by atoms with Crippen molar-refractivity contribution < 1.29 is 49.3 Å². The van der Waals surface area contributed by atoms with Crippen LogP contribution >= 0.6 is 0 Å². The molecule has 1 fully saturated rings. The number of rotatable bonds is 65. The Morgan fingerprint density at radius 3 is 1.19 bits per heavy atom. The van der Waals surface area contributed by atoms with Crippen molar-refractivity contribution in [2.45, 2.75) is 397 Å². The van der Waals surface area contributed by atoms with Gasteiger partial charge in [0.2, 0.25) is 5.91 Å². The molecule has 518 valence electrons. The fourth-order valence-corrected chi connectivity index (χ4v) is 11.6. The van der Waals surface area contributed by atoms with Gasteiger partial charge in [-0.25, -0.2) is 0 Å². The summed E-state index contributed by atoms with van der Waals surface area (Å²) >= 11 is 0. The van der Waals surface area contributed by atoms with E-state index in [1.54, 1.807) is 6.08 Å². The molecule has 1 saturated heterocycles. The summed E-state index contributed by atoms with van der Waals surface area (Å²) in [4.78, 5) is 26.7. The summed E-state index contributed by atoms with van der Waals surface area (Å²) in [7, 11) is 0. The second-order valence-electron chi connectivity index (χ2n) is 26.0. The monoisotopic (exact) mass is 1250 g/mol. The van der Waals surface area contributed by atoms with E-state index in [1.165, 1.54) is 212 Å². The molecule has 89 heavy (non-hydrogen) atoms. The van der Waals surface area contributed by atoms with Crippen LogP contribution in [0.3, 0.4) is 0 Å². The Balaban J connectivity index is 2.52. The van der Waals surface area contributed by atoms with Crippen LogP contribution in [0.5, 0.6) is 0 Å². The molecule has 0 spiro atoms. The van der Waals surface area contributed by atoms with Crippen LogP contribution in [0.4, 0.5) is 0 Å². The normalized spacial score (nSPS) is 18.5. The minimum absolute atomic E-state index is 0.115. The van der Waals surface area contributed by atoms with Gasteiger partial charge in [0.1, 0.15) is 24.4 Å². The average molecular weight is 1250 g/mol.